The van der Waals surface area contributed by atoms with Crippen molar-refractivity contribution < 1.29 is 14.2 Å². The number of hydrogen-bond donors (Lipinski definition) is 2. The standard InChI is InChI=1S/C18H30N4O3.HI/c1-14(25-17-8-6-5-7-16(17)23-4)11-20-18(19-2)21-12-15-13-22(3)9-10-24-15;/h5-8,14-15H,9-13H2,1-4H3,(H2,19,20,21);1H. The lowest BCUT2D eigenvalue weighted by Crippen LogP contribution is -2.49. The molecule has 1 aromatic rings. The van der Waals surface area contributed by atoms with Gasteiger partial charge in [0.2, 0.25) is 0 Å². The summed E-state index contributed by atoms with van der Waals surface area (Å²) in [6, 6.07) is 7.64. The van der Waals surface area contributed by atoms with Crippen molar-refractivity contribution in [1.82, 2.24) is 15.5 Å². The molecule has 2 rings (SSSR count). The molecule has 1 heterocycles. The minimum Gasteiger partial charge on any atom is -0.493 e. The monoisotopic (exact) mass is 478 g/mol. The highest BCUT2D eigenvalue weighted by atomic mass is 127. The summed E-state index contributed by atoms with van der Waals surface area (Å²) >= 11 is 0. The van der Waals surface area contributed by atoms with Gasteiger partial charge in [0.1, 0.15) is 6.10 Å². The van der Waals surface area contributed by atoms with Gasteiger partial charge in [0, 0.05) is 26.7 Å². The van der Waals surface area contributed by atoms with Crippen LogP contribution >= 0.6 is 24.0 Å². The second kappa shape index (κ2) is 12.2. The van der Waals surface area contributed by atoms with Gasteiger partial charge in [-0.2, -0.15) is 0 Å². The Morgan fingerprint density at radius 3 is 2.73 bits per heavy atom. The summed E-state index contributed by atoms with van der Waals surface area (Å²) in [5.41, 5.74) is 0. The third-order valence-corrected chi connectivity index (χ3v) is 4.02. The van der Waals surface area contributed by atoms with Crippen LogP contribution in [0.2, 0.25) is 0 Å². The quantitative estimate of drug-likeness (QED) is 0.353. The number of methoxy groups -OCH3 is 1. The zero-order valence-electron chi connectivity index (χ0n) is 16.0. The van der Waals surface area contributed by atoms with E-state index in [0.717, 1.165) is 43.7 Å². The molecular formula is C18H31IN4O3. The second-order valence-corrected chi connectivity index (χ2v) is 6.17. The number of halogens is 1. The fraction of sp³-hybridized carbons (Fsp3) is 0.611. The van der Waals surface area contributed by atoms with Gasteiger partial charge in [0.25, 0.3) is 0 Å². The number of nitrogens with one attached hydrogen (secondary N) is 2. The van der Waals surface area contributed by atoms with Gasteiger partial charge in [-0.05, 0) is 26.1 Å². The van der Waals surface area contributed by atoms with Crippen LogP contribution in [-0.2, 0) is 4.74 Å². The van der Waals surface area contributed by atoms with Crippen LogP contribution < -0.4 is 20.1 Å². The molecule has 1 fully saturated rings. The molecule has 1 aliphatic heterocycles. The summed E-state index contributed by atoms with van der Waals surface area (Å²) < 4.78 is 17.0. The molecule has 148 valence electrons. The fourth-order valence-electron chi connectivity index (χ4n) is 2.64. The van der Waals surface area contributed by atoms with Gasteiger partial charge in [0.05, 0.1) is 26.4 Å². The van der Waals surface area contributed by atoms with E-state index in [1.807, 2.05) is 31.2 Å². The van der Waals surface area contributed by atoms with Gasteiger partial charge in [-0.3, -0.25) is 4.99 Å². The number of likely N-dealkylation sites (N-methyl/N-ethyl adjacent to an activating group) is 1. The van der Waals surface area contributed by atoms with Crippen LogP contribution in [0.3, 0.4) is 0 Å². The predicted molar refractivity (Wildman–Crippen MR) is 115 cm³/mol. The van der Waals surface area contributed by atoms with Crippen molar-refractivity contribution in [2.24, 2.45) is 4.99 Å². The van der Waals surface area contributed by atoms with Gasteiger partial charge >= 0.3 is 0 Å². The molecule has 1 aromatic carbocycles. The van der Waals surface area contributed by atoms with E-state index in [4.69, 9.17) is 14.2 Å². The normalized spacial score (nSPS) is 19.2. The Morgan fingerprint density at radius 1 is 1.35 bits per heavy atom. The molecule has 2 N–H and O–H groups in total. The number of aliphatic imine (C=N–C) groups is 1. The van der Waals surface area contributed by atoms with E-state index in [-0.39, 0.29) is 36.2 Å². The SMILES string of the molecule is CN=C(NCC(C)Oc1ccccc1OC)NCC1CN(C)CCO1.I. The number of morpholine rings is 1. The average molecular weight is 478 g/mol. The smallest absolute Gasteiger partial charge is 0.191 e. The Kier molecular flexibility index (Phi) is 10.7. The maximum atomic E-state index is 5.94. The Balaban J connectivity index is 0.00000338. The van der Waals surface area contributed by atoms with Crippen molar-refractivity contribution in [3.05, 3.63) is 24.3 Å². The summed E-state index contributed by atoms with van der Waals surface area (Å²) in [6.07, 6.45) is 0.145. The number of benzene rings is 1. The third kappa shape index (κ3) is 7.55. The molecular weight excluding hydrogens is 447 g/mol. The first kappa shape index (κ1) is 22.8. The van der Waals surface area contributed by atoms with Crippen LogP contribution in [0.4, 0.5) is 0 Å². The highest BCUT2D eigenvalue weighted by Crippen LogP contribution is 2.26. The minimum absolute atomic E-state index is 0. The van der Waals surface area contributed by atoms with Gasteiger partial charge in [-0.15, -0.1) is 24.0 Å². The van der Waals surface area contributed by atoms with Gasteiger partial charge in [0.15, 0.2) is 17.5 Å². The van der Waals surface area contributed by atoms with Gasteiger partial charge in [-0.1, -0.05) is 12.1 Å². The third-order valence-electron chi connectivity index (χ3n) is 4.02. The molecule has 1 saturated heterocycles. The van der Waals surface area contributed by atoms with Crippen molar-refractivity contribution in [3.63, 3.8) is 0 Å². The molecule has 26 heavy (non-hydrogen) atoms. The first-order chi connectivity index (χ1) is 12.1. The number of ether oxygens (including phenoxy) is 3. The van der Waals surface area contributed by atoms with E-state index in [1.165, 1.54) is 0 Å². The summed E-state index contributed by atoms with van der Waals surface area (Å²) in [7, 11) is 5.51. The number of guanidine groups is 1. The molecule has 2 atom stereocenters. The summed E-state index contributed by atoms with van der Waals surface area (Å²) in [4.78, 5) is 6.52. The summed E-state index contributed by atoms with van der Waals surface area (Å²) in [5, 5.41) is 6.59. The van der Waals surface area contributed by atoms with Crippen molar-refractivity contribution in [3.8, 4) is 11.5 Å². The predicted octanol–water partition coefficient (Wildman–Crippen LogP) is 1.58. The van der Waals surface area contributed by atoms with Crippen molar-refractivity contribution in [2.45, 2.75) is 19.1 Å². The van der Waals surface area contributed by atoms with E-state index in [9.17, 15) is 0 Å². The van der Waals surface area contributed by atoms with Crippen LogP contribution in [0.25, 0.3) is 0 Å². The topological polar surface area (TPSA) is 67.4 Å². The molecule has 0 saturated carbocycles. The first-order valence-electron chi connectivity index (χ1n) is 8.66. The van der Waals surface area contributed by atoms with E-state index in [0.29, 0.717) is 6.54 Å². The largest absolute Gasteiger partial charge is 0.493 e. The zero-order valence-corrected chi connectivity index (χ0v) is 18.4. The molecule has 1 aliphatic rings. The Morgan fingerprint density at radius 2 is 2.08 bits per heavy atom. The molecule has 2 unspecified atom stereocenters. The second-order valence-electron chi connectivity index (χ2n) is 6.17. The van der Waals surface area contributed by atoms with Gasteiger partial charge < -0.3 is 29.7 Å². The number of nitrogens with zero attached hydrogens (tertiary/aromatic N) is 2. The van der Waals surface area contributed by atoms with E-state index in [2.05, 4.69) is 27.6 Å². The van der Waals surface area contributed by atoms with Crippen molar-refractivity contribution in [2.75, 3.05) is 54.0 Å². The average Bonchev–Trinajstić information content (AvgIpc) is 2.62. The number of rotatable bonds is 7. The zero-order chi connectivity index (χ0) is 18.1. The van der Waals surface area contributed by atoms with Gasteiger partial charge in [-0.25, -0.2) is 0 Å². The molecule has 8 heteroatoms. The lowest BCUT2D eigenvalue weighted by molar-refractivity contribution is -0.0161. The van der Waals surface area contributed by atoms with E-state index >= 15 is 0 Å². The van der Waals surface area contributed by atoms with Crippen LogP contribution in [0.15, 0.2) is 29.3 Å². The molecule has 0 amide bonds. The maximum absolute atomic E-state index is 5.94. The lowest BCUT2D eigenvalue weighted by atomic mass is 10.3. The molecule has 0 bridgehead atoms. The number of para-hydroxylation sites is 2. The lowest BCUT2D eigenvalue weighted by Gasteiger charge is -2.30. The van der Waals surface area contributed by atoms with Crippen molar-refractivity contribution in [1.29, 1.82) is 0 Å². The summed E-state index contributed by atoms with van der Waals surface area (Å²) in [5.74, 6) is 2.21. The number of hydrogen-bond acceptors (Lipinski definition) is 5. The van der Waals surface area contributed by atoms with E-state index < -0.39 is 0 Å². The van der Waals surface area contributed by atoms with Crippen LogP contribution in [-0.4, -0.2) is 77.1 Å². The first-order valence-corrected chi connectivity index (χ1v) is 8.66. The Bertz CT molecular complexity index is 559. The fourth-order valence-corrected chi connectivity index (χ4v) is 2.64. The van der Waals surface area contributed by atoms with Crippen LogP contribution in [0.5, 0.6) is 11.5 Å². The molecule has 7 nitrogen and oxygen atoms in total. The highest BCUT2D eigenvalue weighted by molar-refractivity contribution is 14.0. The minimum atomic E-state index is -0.0353. The highest BCUT2D eigenvalue weighted by Gasteiger charge is 2.18. The maximum Gasteiger partial charge on any atom is 0.191 e. The van der Waals surface area contributed by atoms with E-state index in [1.54, 1.807) is 14.2 Å². The molecule has 0 spiro atoms. The van der Waals surface area contributed by atoms with Crippen LogP contribution in [0.1, 0.15) is 6.92 Å². The molecule has 0 aromatic heterocycles. The molecule has 0 aliphatic carbocycles. The Hall–Kier alpha value is -1.26. The Labute approximate surface area is 173 Å². The summed E-state index contributed by atoms with van der Waals surface area (Å²) in [6.45, 7) is 6.05. The van der Waals surface area contributed by atoms with Crippen molar-refractivity contribution >= 4 is 29.9 Å². The molecule has 0 radical (unpaired) electrons. The van der Waals surface area contributed by atoms with Crippen LogP contribution in [0, 0.1) is 0 Å².